The maximum absolute atomic E-state index is 14.5. The number of alkyl carbamates (subject to hydrolysis) is 1. The van der Waals surface area contributed by atoms with Crippen molar-refractivity contribution in [2.24, 2.45) is 45.8 Å². The summed E-state index contributed by atoms with van der Waals surface area (Å²) in [5.74, 6) is -2.37. The molecule has 7 aliphatic carbocycles. The summed E-state index contributed by atoms with van der Waals surface area (Å²) in [5.41, 5.74) is -0.646. The molecular formula is C43H60N6O8. The largest absolute Gasteiger partial charge is 0.442 e. The van der Waals surface area contributed by atoms with Gasteiger partial charge in [0, 0.05) is 32.0 Å². The molecule has 8 unspecified atom stereocenters. The van der Waals surface area contributed by atoms with Crippen LogP contribution in [0.15, 0.2) is 30.3 Å². The molecule has 1 heterocycles. The summed E-state index contributed by atoms with van der Waals surface area (Å²) in [7, 11) is 3.14. The van der Waals surface area contributed by atoms with Gasteiger partial charge in [0.25, 0.3) is 5.91 Å². The average Bonchev–Trinajstić information content (AvgIpc) is 3.62. The molecule has 1 aromatic carbocycles. The van der Waals surface area contributed by atoms with Gasteiger partial charge in [0.1, 0.15) is 23.7 Å². The minimum Gasteiger partial charge on any atom is -0.442 e. The molecule has 14 nitrogen and oxygen atoms in total. The summed E-state index contributed by atoms with van der Waals surface area (Å²) in [4.78, 5) is 98.0. The van der Waals surface area contributed by atoms with E-state index in [2.05, 4.69) is 35.1 Å². The normalized spacial score (nSPS) is 32.0. The van der Waals surface area contributed by atoms with E-state index in [0.29, 0.717) is 42.7 Å². The topological polar surface area (TPSA) is 183 Å². The van der Waals surface area contributed by atoms with Crippen molar-refractivity contribution in [2.75, 3.05) is 27.2 Å². The summed E-state index contributed by atoms with van der Waals surface area (Å²) in [6.45, 7) is 11.4. The number of piperidine rings is 1. The van der Waals surface area contributed by atoms with Crippen molar-refractivity contribution in [1.82, 2.24) is 31.1 Å². The molecule has 9 rings (SSSR count). The lowest BCUT2D eigenvalue weighted by Gasteiger charge is -2.42. The minimum atomic E-state index is -1.20. The molecule has 14 heteroatoms. The van der Waals surface area contributed by atoms with Crippen LogP contribution in [0, 0.1) is 45.8 Å². The highest BCUT2D eigenvalue weighted by Gasteiger charge is 2.92. The standard InChI is InChI=1S/C43H60N6O8/c1-9-10-16-27(32(51)36(53)44-21-28(50)46-30(37(54)48(7)8)24-14-12-11-13-15-24)45-35(52)31-29-26(41(29,5)6)22-49(31)38(55)34(40(2,3)4)47-39(56)57-43-19-23-17-25-20-42(43,18-23)33(25)43/h11-15,23,25-27,29-31,33-34H,9-10,16-22H2,1-8H3,(H,44,53)(H,45,52)(H,46,50)(H,47,56)/t23?,25?,26?,27?,29?,30-,31-,33?,34+,42?,43?/m0/s1. The van der Waals surface area contributed by atoms with Crippen molar-refractivity contribution >= 4 is 41.4 Å². The van der Waals surface area contributed by atoms with Gasteiger partial charge < -0.3 is 35.8 Å². The Morgan fingerprint density at radius 1 is 0.965 bits per heavy atom. The number of likely N-dealkylation sites (N-methyl/N-ethyl adjacent to an activating group) is 1. The van der Waals surface area contributed by atoms with Crippen LogP contribution in [-0.2, 0) is 33.5 Å². The van der Waals surface area contributed by atoms with Crippen molar-refractivity contribution in [3.05, 3.63) is 35.9 Å². The van der Waals surface area contributed by atoms with E-state index in [4.69, 9.17) is 4.74 Å². The number of unbranched alkanes of at least 4 members (excludes halogenated alkanes) is 1. The molecule has 4 N–H and O–H groups in total. The van der Waals surface area contributed by atoms with E-state index in [9.17, 15) is 33.6 Å². The zero-order chi connectivity index (χ0) is 41.4. The number of rotatable bonds is 15. The van der Waals surface area contributed by atoms with Gasteiger partial charge in [-0.05, 0) is 72.2 Å². The van der Waals surface area contributed by atoms with Crippen LogP contribution < -0.4 is 21.3 Å². The first-order chi connectivity index (χ1) is 26.8. The second kappa shape index (κ2) is 14.4. The van der Waals surface area contributed by atoms with Crippen LogP contribution in [0.4, 0.5) is 4.79 Å². The first-order valence-electron chi connectivity index (χ1n) is 20.7. The first-order valence-corrected chi connectivity index (χ1v) is 20.7. The number of ether oxygens (including phenoxy) is 1. The Morgan fingerprint density at radius 3 is 2.26 bits per heavy atom. The van der Waals surface area contributed by atoms with Gasteiger partial charge in [-0.3, -0.25) is 28.8 Å². The number of hydrogen-bond donors (Lipinski definition) is 4. The second-order valence-corrected chi connectivity index (χ2v) is 19.6. The Kier molecular flexibility index (Phi) is 10.3. The zero-order valence-electron chi connectivity index (χ0n) is 34.6. The lowest BCUT2D eigenvalue weighted by molar-refractivity contribution is -0.145. The molecule has 310 valence electrons. The predicted octanol–water partition coefficient (Wildman–Crippen LogP) is 3.10. The van der Waals surface area contributed by atoms with Gasteiger partial charge in [-0.25, -0.2) is 4.79 Å². The van der Waals surface area contributed by atoms with E-state index < -0.39 is 71.3 Å². The molecule has 0 aromatic heterocycles. The third-order valence-electron chi connectivity index (χ3n) is 14.5. The Morgan fingerprint density at radius 2 is 1.67 bits per heavy atom. The summed E-state index contributed by atoms with van der Waals surface area (Å²) in [6.07, 6.45) is 5.18. The zero-order valence-corrected chi connectivity index (χ0v) is 34.6. The van der Waals surface area contributed by atoms with E-state index in [1.54, 1.807) is 49.3 Å². The van der Waals surface area contributed by atoms with E-state index >= 15 is 0 Å². The molecule has 8 fully saturated rings. The predicted molar refractivity (Wildman–Crippen MR) is 209 cm³/mol. The molecular weight excluding hydrogens is 729 g/mol. The van der Waals surface area contributed by atoms with Gasteiger partial charge >= 0.3 is 6.09 Å². The number of fused-ring (bicyclic) bond motifs is 1. The number of ketones is 1. The molecule has 57 heavy (non-hydrogen) atoms. The van der Waals surface area contributed by atoms with Gasteiger partial charge in [-0.2, -0.15) is 0 Å². The summed E-state index contributed by atoms with van der Waals surface area (Å²) in [6, 6.07) is 4.60. The number of carbonyl (C=O) groups excluding carboxylic acids is 7. The highest BCUT2D eigenvalue weighted by molar-refractivity contribution is 6.38. The minimum absolute atomic E-state index is 0.0431. The number of Topliss-reactive ketones (excluding diaryl/α,β-unsaturated/α-hetero) is 1. The van der Waals surface area contributed by atoms with E-state index in [1.807, 2.05) is 27.7 Å². The van der Waals surface area contributed by atoms with E-state index in [-0.39, 0.29) is 40.9 Å². The van der Waals surface area contributed by atoms with Crippen LogP contribution in [0.1, 0.15) is 98.1 Å². The number of nitrogens with zero attached hydrogens (tertiary/aromatic N) is 2. The summed E-state index contributed by atoms with van der Waals surface area (Å²) < 4.78 is 6.24. The third kappa shape index (κ3) is 6.88. The number of carbonyl (C=O) groups is 7. The van der Waals surface area contributed by atoms with E-state index in [1.165, 1.54) is 11.3 Å². The average molecular weight is 789 g/mol. The summed E-state index contributed by atoms with van der Waals surface area (Å²) in [5, 5.41) is 10.8. The van der Waals surface area contributed by atoms with Crippen LogP contribution in [0.25, 0.3) is 0 Å². The SMILES string of the molecule is CCCCC(NC(=O)[C@@H]1C2C(CN1C(=O)[C@@H](NC(=O)OC13CC4CC5CC1(C4)C53)C(C)(C)C)C2(C)C)C(=O)C(=O)NCC(=O)N[C@H](C(=O)N(C)C)c1ccccc1. The lowest BCUT2D eigenvalue weighted by atomic mass is 9.61. The summed E-state index contributed by atoms with van der Waals surface area (Å²) >= 11 is 0. The van der Waals surface area contributed by atoms with Gasteiger partial charge in [0.15, 0.2) is 0 Å². The Bertz CT molecular complexity index is 1840. The molecule has 1 spiro atoms. The van der Waals surface area contributed by atoms with Crippen molar-refractivity contribution in [1.29, 1.82) is 0 Å². The molecule has 6 amide bonds. The fraction of sp³-hybridized carbons (Fsp3) is 0.698. The van der Waals surface area contributed by atoms with Crippen molar-refractivity contribution in [3.8, 4) is 0 Å². The second-order valence-electron chi connectivity index (χ2n) is 19.6. The Labute approximate surface area is 335 Å². The van der Waals surface area contributed by atoms with Crippen molar-refractivity contribution in [2.45, 2.75) is 116 Å². The fourth-order valence-electron chi connectivity index (χ4n) is 11.7. The van der Waals surface area contributed by atoms with Gasteiger partial charge in [0.2, 0.25) is 29.4 Å². The van der Waals surface area contributed by atoms with E-state index in [0.717, 1.165) is 19.3 Å². The van der Waals surface area contributed by atoms with Crippen molar-refractivity contribution in [3.63, 3.8) is 0 Å². The maximum Gasteiger partial charge on any atom is 0.408 e. The van der Waals surface area contributed by atoms with Crippen LogP contribution >= 0.6 is 0 Å². The quantitative estimate of drug-likeness (QED) is 0.196. The van der Waals surface area contributed by atoms with Gasteiger partial charge in [-0.15, -0.1) is 0 Å². The lowest BCUT2D eigenvalue weighted by Crippen LogP contribution is -2.60. The number of nitrogens with one attached hydrogen (secondary N) is 4. The molecule has 1 saturated heterocycles. The Hall–Kier alpha value is -4.49. The Balaban J connectivity index is 1.00. The fourth-order valence-corrected chi connectivity index (χ4v) is 11.7. The molecule has 8 aliphatic rings. The molecule has 1 aliphatic heterocycles. The molecule has 5 bridgehead atoms. The first kappa shape index (κ1) is 40.7. The van der Waals surface area contributed by atoms with Crippen molar-refractivity contribution < 1.29 is 38.3 Å². The number of hydrogen-bond acceptors (Lipinski definition) is 8. The number of likely N-dealkylation sites (tertiary alicyclic amines) is 1. The maximum atomic E-state index is 14.5. The van der Waals surface area contributed by atoms with Crippen LogP contribution in [0.5, 0.6) is 0 Å². The number of amides is 6. The highest BCUT2D eigenvalue weighted by atomic mass is 16.6. The molecule has 7 saturated carbocycles. The monoisotopic (exact) mass is 788 g/mol. The highest BCUT2D eigenvalue weighted by Crippen LogP contribution is 2.90. The van der Waals surface area contributed by atoms with Crippen LogP contribution in [0.2, 0.25) is 0 Å². The number of benzene rings is 1. The van der Waals surface area contributed by atoms with Crippen LogP contribution in [-0.4, -0.2) is 102 Å². The molecule has 1 aromatic rings. The van der Waals surface area contributed by atoms with Gasteiger partial charge in [0.05, 0.1) is 12.6 Å². The molecule has 11 atom stereocenters. The van der Waals surface area contributed by atoms with Crippen LogP contribution in [0.3, 0.4) is 0 Å². The third-order valence-corrected chi connectivity index (χ3v) is 14.5. The smallest absolute Gasteiger partial charge is 0.408 e. The molecule has 0 radical (unpaired) electrons. The van der Waals surface area contributed by atoms with Gasteiger partial charge in [-0.1, -0.05) is 84.7 Å².